The summed E-state index contributed by atoms with van der Waals surface area (Å²) < 4.78 is 10.6. The Morgan fingerprint density at radius 3 is 2.83 bits per heavy atom. The number of aromatic nitrogens is 1. The van der Waals surface area contributed by atoms with E-state index in [1.54, 1.807) is 0 Å². The van der Waals surface area contributed by atoms with Crippen molar-refractivity contribution in [2.24, 2.45) is 0 Å². The average molecular weight is 314 g/mol. The minimum absolute atomic E-state index is 0.0184. The van der Waals surface area contributed by atoms with Gasteiger partial charge in [0, 0.05) is 6.20 Å². The molecule has 0 spiro atoms. The first-order chi connectivity index (χ1) is 11.1. The molecule has 0 atom stereocenters. The van der Waals surface area contributed by atoms with Crippen LogP contribution in [0, 0.1) is 0 Å². The van der Waals surface area contributed by atoms with Crippen molar-refractivity contribution in [1.82, 2.24) is 4.98 Å². The lowest BCUT2D eigenvalue weighted by atomic mass is 10.2. The maximum absolute atomic E-state index is 12.3. The summed E-state index contributed by atoms with van der Waals surface area (Å²) in [6, 6.07) is 10.7. The second-order valence-electron chi connectivity index (χ2n) is 4.89. The second kappa shape index (κ2) is 6.35. The van der Waals surface area contributed by atoms with Crippen molar-refractivity contribution in [3.63, 3.8) is 0 Å². The van der Waals surface area contributed by atoms with E-state index in [4.69, 9.17) is 14.6 Å². The molecule has 1 amide bonds. The number of fused-ring (bicyclic) bond motifs is 1. The number of rotatable bonds is 3. The molecule has 0 saturated carbocycles. The Labute approximate surface area is 132 Å². The van der Waals surface area contributed by atoms with Crippen molar-refractivity contribution in [3.05, 3.63) is 53.7 Å². The number of benzene rings is 1. The number of aromatic carboxylic acids is 1. The van der Waals surface area contributed by atoms with Gasteiger partial charge in [-0.1, -0.05) is 30.3 Å². The fraction of sp³-hybridized carbons (Fsp3) is 0.188. The molecular formula is C16H14N2O5. The molecule has 0 bridgehead atoms. The molecule has 23 heavy (non-hydrogen) atoms. The first-order valence-corrected chi connectivity index (χ1v) is 6.99. The molecule has 7 heteroatoms. The predicted molar refractivity (Wildman–Crippen MR) is 80.7 cm³/mol. The summed E-state index contributed by atoms with van der Waals surface area (Å²) in [4.78, 5) is 28.6. The first-order valence-electron chi connectivity index (χ1n) is 6.99. The van der Waals surface area contributed by atoms with Gasteiger partial charge in [-0.3, -0.25) is 4.90 Å². The van der Waals surface area contributed by atoms with E-state index in [0.29, 0.717) is 5.69 Å². The van der Waals surface area contributed by atoms with Gasteiger partial charge >= 0.3 is 12.1 Å². The van der Waals surface area contributed by atoms with Crippen molar-refractivity contribution in [1.29, 1.82) is 0 Å². The number of anilines is 1. The van der Waals surface area contributed by atoms with Crippen LogP contribution >= 0.6 is 0 Å². The molecule has 1 N–H and O–H groups in total. The lowest BCUT2D eigenvalue weighted by Crippen LogP contribution is -2.38. The molecule has 0 unspecified atom stereocenters. The zero-order valence-electron chi connectivity index (χ0n) is 12.1. The van der Waals surface area contributed by atoms with Crippen molar-refractivity contribution in [3.8, 4) is 5.88 Å². The summed E-state index contributed by atoms with van der Waals surface area (Å²) in [5, 5.41) is 9.05. The summed E-state index contributed by atoms with van der Waals surface area (Å²) >= 11 is 0. The van der Waals surface area contributed by atoms with E-state index in [1.165, 1.54) is 17.2 Å². The van der Waals surface area contributed by atoms with Gasteiger partial charge in [-0.25, -0.2) is 14.6 Å². The topological polar surface area (TPSA) is 89.0 Å². The second-order valence-corrected chi connectivity index (χ2v) is 4.89. The highest BCUT2D eigenvalue weighted by Gasteiger charge is 2.27. The highest BCUT2D eigenvalue weighted by Crippen LogP contribution is 2.30. The van der Waals surface area contributed by atoms with Gasteiger partial charge < -0.3 is 14.6 Å². The Morgan fingerprint density at radius 1 is 1.30 bits per heavy atom. The molecule has 2 aromatic rings. The molecule has 0 saturated heterocycles. The number of amides is 1. The number of hydrogen-bond donors (Lipinski definition) is 1. The number of hydrogen-bond acceptors (Lipinski definition) is 5. The van der Waals surface area contributed by atoms with E-state index in [9.17, 15) is 9.59 Å². The molecule has 1 aliphatic rings. The van der Waals surface area contributed by atoms with Crippen LogP contribution in [0.4, 0.5) is 10.5 Å². The third-order valence-electron chi connectivity index (χ3n) is 3.35. The van der Waals surface area contributed by atoms with Crippen LogP contribution in [-0.4, -0.2) is 35.3 Å². The van der Waals surface area contributed by atoms with Gasteiger partial charge in [0.15, 0.2) is 0 Å². The SMILES string of the molecule is O=C(O)c1cnc2c(c1)N(C(=O)OCc1ccccc1)CCO2. The molecule has 1 aromatic carbocycles. The molecule has 1 aromatic heterocycles. The van der Waals surface area contributed by atoms with Crippen LogP contribution in [0.1, 0.15) is 15.9 Å². The molecule has 0 aliphatic carbocycles. The Bertz CT molecular complexity index is 733. The Kier molecular flexibility index (Phi) is 4.09. The maximum atomic E-state index is 12.3. The average Bonchev–Trinajstić information content (AvgIpc) is 2.59. The van der Waals surface area contributed by atoms with Crippen LogP contribution in [-0.2, 0) is 11.3 Å². The Morgan fingerprint density at radius 2 is 2.09 bits per heavy atom. The monoisotopic (exact) mass is 314 g/mol. The standard InChI is InChI=1S/C16H14N2O5/c19-15(20)12-8-13-14(17-9-12)22-7-6-18(13)16(21)23-10-11-4-2-1-3-5-11/h1-5,8-9H,6-7,10H2,(H,19,20). The zero-order chi connectivity index (χ0) is 16.2. The van der Waals surface area contributed by atoms with Gasteiger partial charge in [0.1, 0.15) is 18.9 Å². The first kappa shape index (κ1) is 14.8. The Balaban J connectivity index is 1.77. The fourth-order valence-electron chi connectivity index (χ4n) is 2.20. The van der Waals surface area contributed by atoms with Gasteiger partial charge in [0.25, 0.3) is 0 Å². The van der Waals surface area contributed by atoms with E-state index in [0.717, 1.165) is 5.56 Å². The molecule has 0 radical (unpaired) electrons. The third-order valence-corrected chi connectivity index (χ3v) is 3.35. The number of nitrogens with zero attached hydrogens (tertiary/aromatic N) is 2. The number of carboxylic acid groups (broad SMARTS) is 1. The maximum Gasteiger partial charge on any atom is 0.414 e. The number of carbonyl (C=O) groups is 2. The quantitative estimate of drug-likeness (QED) is 0.935. The van der Waals surface area contributed by atoms with E-state index in [1.807, 2.05) is 30.3 Å². The number of ether oxygens (including phenoxy) is 2. The zero-order valence-corrected chi connectivity index (χ0v) is 12.1. The smallest absolute Gasteiger partial charge is 0.414 e. The minimum Gasteiger partial charge on any atom is -0.478 e. The molecule has 0 fully saturated rings. The van der Waals surface area contributed by atoms with Crippen LogP contribution < -0.4 is 9.64 Å². The Hall–Kier alpha value is -3.09. The summed E-state index contributed by atoms with van der Waals surface area (Å²) in [6.45, 7) is 0.677. The van der Waals surface area contributed by atoms with Crippen molar-refractivity contribution >= 4 is 17.7 Å². The van der Waals surface area contributed by atoms with Crippen LogP contribution in [0.5, 0.6) is 5.88 Å². The summed E-state index contributed by atoms with van der Waals surface area (Å²) in [5.41, 5.74) is 1.15. The van der Waals surface area contributed by atoms with Crippen LogP contribution in [0.25, 0.3) is 0 Å². The minimum atomic E-state index is -1.12. The van der Waals surface area contributed by atoms with E-state index >= 15 is 0 Å². The van der Waals surface area contributed by atoms with E-state index in [2.05, 4.69) is 4.98 Å². The van der Waals surface area contributed by atoms with Crippen molar-refractivity contribution in [2.45, 2.75) is 6.61 Å². The number of carbonyl (C=O) groups excluding carboxylic acids is 1. The number of carboxylic acids is 1. The van der Waals surface area contributed by atoms with Crippen molar-refractivity contribution in [2.75, 3.05) is 18.1 Å². The number of pyridine rings is 1. The summed E-state index contributed by atoms with van der Waals surface area (Å²) in [5.74, 6) is -0.901. The normalized spacial score (nSPS) is 13.0. The summed E-state index contributed by atoms with van der Waals surface area (Å²) in [6.07, 6.45) is 0.628. The largest absolute Gasteiger partial charge is 0.478 e. The molecule has 1 aliphatic heterocycles. The predicted octanol–water partition coefficient (Wildman–Crippen LogP) is 2.32. The molecule has 3 rings (SSSR count). The van der Waals surface area contributed by atoms with Crippen LogP contribution in [0.3, 0.4) is 0 Å². The lowest BCUT2D eigenvalue weighted by molar-refractivity contribution is 0.0696. The molecule has 118 valence electrons. The van der Waals surface area contributed by atoms with Crippen LogP contribution in [0.15, 0.2) is 42.6 Å². The fourth-order valence-corrected chi connectivity index (χ4v) is 2.20. The van der Waals surface area contributed by atoms with E-state index in [-0.39, 0.29) is 31.2 Å². The molecular weight excluding hydrogens is 300 g/mol. The third kappa shape index (κ3) is 3.23. The van der Waals surface area contributed by atoms with Gasteiger partial charge in [0.2, 0.25) is 5.88 Å². The van der Waals surface area contributed by atoms with Crippen LogP contribution in [0.2, 0.25) is 0 Å². The molecule has 7 nitrogen and oxygen atoms in total. The highest BCUT2D eigenvalue weighted by molar-refractivity contribution is 5.93. The van der Waals surface area contributed by atoms with Crippen molar-refractivity contribution < 1.29 is 24.2 Å². The van der Waals surface area contributed by atoms with Gasteiger partial charge in [-0.05, 0) is 11.6 Å². The van der Waals surface area contributed by atoms with E-state index < -0.39 is 12.1 Å². The summed E-state index contributed by atoms with van der Waals surface area (Å²) in [7, 11) is 0. The van der Waals surface area contributed by atoms with Gasteiger partial charge in [-0.15, -0.1) is 0 Å². The van der Waals surface area contributed by atoms with Gasteiger partial charge in [-0.2, -0.15) is 0 Å². The highest BCUT2D eigenvalue weighted by atomic mass is 16.6. The van der Waals surface area contributed by atoms with Gasteiger partial charge in [0.05, 0.1) is 12.1 Å². The molecule has 2 heterocycles. The lowest BCUT2D eigenvalue weighted by Gasteiger charge is -2.28.